The van der Waals surface area contributed by atoms with Crippen molar-refractivity contribution in [2.75, 3.05) is 34.9 Å². The number of hydrogen-bond donors (Lipinski definition) is 0. The van der Waals surface area contributed by atoms with Crippen LogP contribution in [0.4, 0.5) is 0 Å². The fourth-order valence-electron chi connectivity index (χ4n) is 4.17. The monoisotopic (exact) mass is 398 g/mol. The predicted molar refractivity (Wildman–Crippen MR) is 103 cm³/mol. The van der Waals surface area contributed by atoms with Gasteiger partial charge in [0.05, 0.1) is 26.9 Å². The van der Waals surface area contributed by atoms with Crippen LogP contribution in [-0.2, 0) is 14.9 Å². The molecule has 0 spiro atoms. The molecule has 152 valence electrons. The number of hydrogen-bond acceptors (Lipinski definition) is 6. The topological polar surface area (TPSA) is 68.3 Å². The van der Waals surface area contributed by atoms with Gasteiger partial charge in [-0.05, 0) is 30.5 Å². The molecule has 1 aliphatic carbocycles. The van der Waals surface area contributed by atoms with E-state index in [9.17, 15) is 8.42 Å². The second kappa shape index (κ2) is 8.34. The third-order valence-electron chi connectivity index (χ3n) is 5.81. The summed E-state index contributed by atoms with van der Waals surface area (Å²) < 4.78 is 39.1. The summed E-state index contributed by atoms with van der Waals surface area (Å²) in [6.45, 7) is 0.148. The van der Waals surface area contributed by atoms with Gasteiger partial charge in [0.1, 0.15) is 5.25 Å². The van der Waals surface area contributed by atoms with Crippen molar-refractivity contribution in [3.63, 3.8) is 0 Å². The third kappa shape index (κ3) is 3.94. The maximum atomic E-state index is 13.4. The Morgan fingerprint density at radius 1 is 1.11 bits per heavy atom. The van der Waals surface area contributed by atoms with Crippen molar-refractivity contribution >= 4 is 10.0 Å². The highest BCUT2D eigenvalue weighted by atomic mass is 32.2. The number of sulfonamides is 1. The van der Waals surface area contributed by atoms with Gasteiger partial charge >= 0.3 is 0 Å². The Morgan fingerprint density at radius 3 is 2.41 bits per heavy atom. The van der Waals surface area contributed by atoms with Crippen LogP contribution in [0.15, 0.2) is 18.2 Å². The molecule has 2 aliphatic rings. The van der Waals surface area contributed by atoms with Gasteiger partial charge in [0.15, 0.2) is 11.5 Å². The van der Waals surface area contributed by atoms with Crippen molar-refractivity contribution in [1.82, 2.24) is 9.37 Å². The quantitative estimate of drug-likeness (QED) is 0.734. The van der Waals surface area contributed by atoms with E-state index in [1.165, 1.54) is 6.42 Å². The van der Waals surface area contributed by atoms with Gasteiger partial charge in [-0.3, -0.25) is 4.84 Å². The number of benzene rings is 1. The molecule has 7 nitrogen and oxygen atoms in total. The molecule has 27 heavy (non-hydrogen) atoms. The summed E-state index contributed by atoms with van der Waals surface area (Å²) in [5.74, 6) is 1.19. The van der Waals surface area contributed by atoms with Crippen molar-refractivity contribution < 1.29 is 22.7 Å². The van der Waals surface area contributed by atoms with E-state index in [0.717, 1.165) is 31.2 Å². The largest absolute Gasteiger partial charge is 0.493 e. The van der Waals surface area contributed by atoms with E-state index in [-0.39, 0.29) is 12.6 Å². The van der Waals surface area contributed by atoms with E-state index in [2.05, 4.69) is 0 Å². The fraction of sp³-hybridized carbons (Fsp3) is 0.684. The normalized spacial score (nSPS) is 25.1. The third-order valence-corrected chi connectivity index (χ3v) is 8.07. The molecule has 1 saturated carbocycles. The fourth-order valence-corrected chi connectivity index (χ4v) is 6.11. The summed E-state index contributed by atoms with van der Waals surface area (Å²) in [6.07, 6.45) is 5.23. The van der Waals surface area contributed by atoms with Crippen molar-refractivity contribution in [3.8, 4) is 11.5 Å². The average molecular weight is 399 g/mol. The predicted octanol–water partition coefficient (Wildman–Crippen LogP) is 2.58. The minimum Gasteiger partial charge on any atom is -0.493 e. The summed E-state index contributed by atoms with van der Waals surface area (Å²) in [5.41, 5.74) is 0.832. The molecule has 2 fully saturated rings. The summed E-state index contributed by atoms with van der Waals surface area (Å²) in [4.78, 5) is 5.64. The summed E-state index contributed by atoms with van der Waals surface area (Å²) >= 11 is 0. The lowest BCUT2D eigenvalue weighted by atomic mass is 9.96. The van der Waals surface area contributed by atoms with Crippen molar-refractivity contribution in [2.45, 2.75) is 49.4 Å². The Balaban J connectivity index is 1.90. The minimum absolute atomic E-state index is 0.0840. The number of rotatable bonds is 6. The molecule has 0 aromatic heterocycles. The van der Waals surface area contributed by atoms with Crippen molar-refractivity contribution in [1.29, 1.82) is 0 Å². The van der Waals surface area contributed by atoms with Gasteiger partial charge < -0.3 is 9.47 Å². The van der Waals surface area contributed by atoms with E-state index in [1.807, 2.05) is 12.1 Å². The summed E-state index contributed by atoms with van der Waals surface area (Å²) in [5, 5.41) is 0.977. The van der Waals surface area contributed by atoms with Crippen LogP contribution in [-0.4, -0.2) is 64.0 Å². The van der Waals surface area contributed by atoms with E-state index >= 15 is 0 Å². The smallest absolute Gasteiger partial charge is 0.221 e. The first-order chi connectivity index (χ1) is 12.9. The van der Waals surface area contributed by atoms with Gasteiger partial charge in [0, 0.05) is 20.1 Å². The first-order valence-electron chi connectivity index (χ1n) is 9.44. The van der Waals surface area contributed by atoms with Gasteiger partial charge in [-0.1, -0.05) is 25.3 Å². The highest BCUT2D eigenvalue weighted by Crippen LogP contribution is 2.39. The molecule has 0 unspecified atom stereocenters. The molecule has 1 aromatic rings. The molecule has 1 aliphatic heterocycles. The van der Waals surface area contributed by atoms with E-state index in [1.54, 1.807) is 43.7 Å². The molecule has 2 atom stereocenters. The highest BCUT2D eigenvalue weighted by Gasteiger charge is 2.46. The van der Waals surface area contributed by atoms with Crippen LogP contribution in [0.5, 0.6) is 11.5 Å². The second-order valence-corrected chi connectivity index (χ2v) is 9.50. The van der Waals surface area contributed by atoms with Crippen LogP contribution in [0.3, 0.4) is 0 Å². The molecule has 8 heteroatoms. The Morgan fingerprint density at radius 2 is 1.78 bits per heavy atom. The maximum Gasteiger partial charge on any atom is 0.221 e. The zero-order valence-corrected chi connectivity index (χ0v) is 17.4. The maximum absolute atomic E-state index is 13.4. The molecule has 0 bridgehead atoms. The van der Waals surface area contributed by atoms with Crippen LogP contribution >= 0.6 is 0 Å². The van der Waals surface area contributed by atoms with Crippen molar-refractivity contribution in [2.24, 2.45) is 0 Å². The Hall–Kier alpha value is -1.35. The standard InChI is InChI=1S/C19H30N2O5S/c1-20-19(14-10-11-16(24-3)17(12-14)25-4)18(13-26-20)27(22,23)21(2)15-8-6-5-7-9-15/h10-12,15,18-19H,5-9,13H2,1-4H3/t18-,19+/m0/s1. The Bertz CT molecular complexity index is 748. The molecule has 1 saturated heterocycles. The first kappa shape index (κ1) is 20.4. The van der Waals surface area contributed by atoms with Crippen LogP contribution in [0, 0.1) is 0 Å². The van der Waals surface area contributed by atoms with Gasteiger partial charge in [-0.25, -0.2) is 12.7 Å². The summed E-state index contributed by atoms with van der Waals surface area (Å²) in [6, 6.07) is 5.19. The number of hydroxylamine groups is 2. The molecule has 3 rings (SSSR count). The van der Waals surface area contributed by atoms with E-state index in [4.69, 9.17) is 14.3 Å². The molecule has 0 amide bonds. The van der Waals surface area contributed by atoms with Crippen molar-refractivity contribution in [3.05, 3.63) is 23.8 Å². The second-order valence-electron chi connectivity index (χ2n) is 7.29. The lowest BCUT2D eigenvalue weighted by Crippen LogP contribution is -2.45. The van der Waals surface area contributed by atoms with Crippen LogP contribution in [0.25, 0.3) is 0 Å². The van der Waals surface area contributed by atoms with Gasteiger partial charge in [0.2, 0.25) is 10.0 Å². The molecular formula is C19H30N2O5S. The number of methoxy groups -OCH3 is 2. The van der Waals surface area contributed by atoms with Gasteiger partial charge in [-0.15, -0.1) is 0 Å². The zero-order chi connectivity index (χ0) is 19.6. The SMILES string of the molecule is COc1ccc([C@@H]2[C@@H](S(=O)(=O)N(C)C3CCCCC3)CON2C)cc1OC. The lowest BCUT2D eigenvalue weighted by molar-refractivity contribution is -0.110. The number of nitrogens with zero attached hydrogens (tertiary/aromatic N) is 2. The molecule has 1 aromatic carbocycles. The molecule has 0 radical (unpaired) electrons. The van der Waals surface area contributed by atoms with E-state index < -0.39 is 21.3 Å². The Kier molecular flexibility index (Phi) is 6.30. The molecule has 0 N–H and O–H groups in total. The first-order valence-corrected chi connectivity index (χ1v) is 10.9. The van der Waals surface area contributed by atoms with Crippen LogP contribution < -0.4 is 9.47 Å². The molecule has 1 heterocycles. The highest BCUT2D eigenvalue weighted by molar-refractivity contribution is 7.89. The van der Waals surface area contributed by atoms with Crippen LogP contribution in [0.2, 0.25) is 0 Å². The van der Waals surface area contributed by atoms with Gasteiger partial charge in [-0.2, -0.15) is 5.06 Å². The zero-order valence-electron chi connectivity index (χ0n) is 16.6. The van der Waals surface area contributed by atoms with Crippen LogP contribution in [0.1, 0.15) is 43.7 Å². The lowest BCUT2D eigenvalue weighted by Gasteiger charge is -2.33. The number of ether oxygens (including phenoxy) is 2. The van der Waals surface area contributed by atoms with Gasteiger partial charge in [0.25, 0.3) is 0 Å². The minimum atomic E-state index is -3.51. The average Bonchev–Trinajstić information content (AvgIpc) is 3.09. The molecular weight excluding hydrogens is 368 g/mol. The van der Waals surface area contributed by atoms with E-state index in [0.29, 0.717) is 11.5 Å². The Labute approximate surface area is 162 Å². The summed E-state index contributed by atoms with van der Waals surface area (Å²) in [7, 11) is 3.13.